The van der Waals surface area contributed by atoms with Gasteiger partial charge in [-0.1, -0.05) is 30.3 Å². The minimum Gasteiger partial charge on any atom is -0.497 e. The maximum Gasteiger partial charge on any atom is 0.150 e. The number of hydrogen-bond acceptors (Lipinski definition) is 5. The Kier molecular flexibility index (Phi) is 6.05. The number of rotatable bonds is 7. The minimum absolute atomic E-state index is 0.549. The normalized spacial score (nSPS) is 11.4. The zero-order chi connectivity index (χ0) is 21.8. The Labute approximate surface area is 185 Å². The van der Waals surface area contributed by atoms with Gasteiger partial charge in [-0.2, -0.15) is 0 Å². The maximum atomic E-state index is 11.9. The molecule has 4 rings (SSSR count). The van der Waals surface area contributed by atoms with Gasteiger partial charge in [0.15, 0.2) is 6.29 Å². The van der Waals surface area contributed by atoms with Gasteiger partial charge in [-0.25, -0.2) is 0 Å². The molecule has 0 unspecified atom stereocenters. The van der Waals surface area contributed by atoms with Gasteiger partial charge in [0.05, 0.1) is 21.3 Å². The summed E-state index contributed by atoms with van der Waals surface area (Å²) >= 11 is 1.70. The third-order valence-electron chi connectivity index (χ3n) is 5.10. The lowest BCUT2D eigenvalue weighted by Crippen LogP contribution is -1.94. The van der Waals surface area contributed by atoms with Crippen LogP contribution in [0.3, 0.4) is 0 Å². The fourth-order valence-electron chi connectivity index (χ4n) is 3.48. The molecule has 156 valence electrons. The Morgan fingerprint density at radius 2 is 1.58 bits per heavy atom. The number of carbonyl (C=O) groups excluding carboxylic acids is 1. The van der Waals surface area contributed by atoms with E-state index in [1.807, 2.05) is 54.6 Å². The zero-order valence-electron chi connectivity index (χ0n) is 17.5. The zero-order valence-corrected chi connectivity index (χ0v) is 18.4. The average Bonchev–Trinajstić information content (AvgIpc) is 3.26. The molecule has 0 aliphatic heterocycles. The van der Waals surface area contributed by atoms with E-state index < -0.39 is 0 Å². The van der Waals surface area contributed by atoms with Crippen molar-refractivity contribution in [3.05, 3.63) is 77.9 Å². The summed E-state index contributed by atoms with van der Waals surface area (Å²) in [6, 6.07) is 21.7. The van der Waals surface area contributed by atoms with Crippen molar-refractivity contribution in [1.82, 2.24) is 0 Å². The van der Waals surface area contributed by atoms with Gasteiger partial charge in [-0.15, -0.1) is 11.3 Å². The lowest BCUT2D eigenvalue weighted by atomic mass is 10.0. The van der Waals surface area contributed by atoms with Crippen LogP contribution in [0.4, 0.5) is 0 Å². The quantitative estimate of drug-likeness (QED) is 0.195. The molecule has 1 heterocycles. The summed E-state index contributed by atoms with van der Waals surface area (Å²) < 4.78 is 17.7. The fraction of sp³-hybridized carbons (Fsp3) is 0.115. The van der Waals surface area contributed by atoms with E-state index >= 15 is 0 Å². The highest BCUT2D eigenvalue weighted by Crippen LogP contribution is 2.42. The van der Waals surface area contributed by atoms with Crippen LogP contribution < -0.4 is 14.2 Å². The number of methoxy groups -OCH3 is 3. The molecule has 4 nitrogen and oxygen atoms in total. The first-order valence-electron chi connectivity index (χ1n) is 9.73. The molecule has 0 radical (unpaired) electrons. The van der Waals surface area contributed by atoms with E-state index in [0.29, 0.717) is 11.3 Å². The van der Waals surface area contributed by atoms with Crippen molar-refractivity contribution < 1.29 is 19.0 Å². The summed E-state index contributed by atoms with van der Waals surface area (Å²) in [5.74, 6) is 2.09. The first kappa shape index (κ1) is 20.7. The van der Waals surface area contributed by atoms with Crippen LogP contribution in [-0.2, 0) is 4.79 Å². The number of carbonyl (C=O) groups is 1. The predicted molar refractivity (Wildman–Crippen MR) is 127 cm³/mol. The highest BCUT2D eigenvalue weighted by molar-refractivity contribution is 7.22. The van der Waals surface area contributed by atoms with Crippen LogP contribution in [0, 0.1) is 0 Å². The third kappa shape index (κ3) is 4.18. The summed E-state index contributed by atoms with van der Waals surface area (Å²) in [4.78, 5) is 13.0. The lowest BCUT2D eigenvalue weighted by molar-refractivity contribution is -0.103. The van der Waals surface area contributed by atoms with E-state index in [1.165, 1.54) is 10.1 Å². The van der Waals surface area contributed by atoms with Crippen molar-refractivity contribution in [2.75, 3.05) is 21.3 Å². The van der Waals surface area contributed by atoms with Crippen LogP contribution in [-0.4, -0.2) is 27.6 Å². The van der Waals surface area contributed by atoms with Crippen LogP contribution in [0.1, 0.15) is 11.1 Å². The molecule has 0 bridgehead atoms. The van der Waals surface area contributed by atoms with E-state index in [4.69, 9.17) is 14.2 Å². The standard InChI is InChI=1S/C26H22O4S/c1-28-21-10-8-17(9-11-21)20(16-27)12-19-13-22(24(30-3)15-23(19)29-2)26-14-18-6-4-5-7-25(18)31-26/h4-16H,1-3H3/b20-12+. The van der Waals surface area contributed by atoms with Crippen molar-refractivity contribution >= 4 is 39.4 Å². The minimum atomic E-state index is 0.549. The molecule has 3 aromatic carbocycles. The van der Waals surface area contributed by atoms with Gasteiger partial charge < -0.3 is 14.2 Å². The van der Waals surface area contributed by atoms with E-state index in [1.54, 1.807) is 32.7 Å². The molecule has 0 N–H and O–H groups in total. The summed E-state index contributed by atoms with van der Waals surface area (Å²) in [5.41, 5.74) is 3.11. The molecule has 31 heavy (non-hydrogen) atoms. The largest absolute Gasteiger partial charge is 0.497 e. The molecule has 0 spiro atoms. The van der Waals surface area contributed by atoms with Gasteiger partial charge >= 0.3 is 0 Å². The molecular formula is C26H22O4S. The molecule has 0 aliphatic carbocycles. The second-order valence-corrected chi connectivity index (χ2v) is 7.97. The van der Waals surface area contributed by atoms with Crippen LogP contribution in [0.15, 0.2) is 66.7 Å². The van der Waals surface area contributed by atoms with Crippen molar-refractivity contribution in [2.45, 2.75) is 0 Å². The fourth-order valence-corrected chi connectivity index (χ4v) is 4.56. The first-order chi connectivity index (χ1) is 15.2. The highest BCUT2D eigenvalue weighted by atomic mass is 32.1. The molecule has 5 heteroatoms. The molecule has 1 aromatic heterocycles. The van der Waals surface area contributed by atoms with Crippen LogP contribution in [0.25, 0.3) is 32.2 Å². The molecule has 0 saturated heterocycles. The Morgan fingerprint density at radius 1 is 0.839 bits per heavy atom. The van der Waals surface area contributed by atoms with Crippen molar-refractivity contribution in [3.8, 4) is 27.7 Å². The molecule has 4 aromatic rings. The Morgan fingerprint density at radius 3 is 2.23 bits per heavy atom. The van der Waals surface area contributed by atoms with Gasteiger partial charge in [0, 0.05) is 32.3 Å². The summed E-state index contributed by atoms with van der Waals surface area (Å²) in [6.45, 7) is 0. The maximum absolute atomic E-state index is 11.9. The second-order valence-electron chi connectivity index (χ2n) is 6.89. The van der Waals surface area contributed by atoms with E-state index in [0.717, 1.165) is 39.4 Å². The summed E-state index contributed by atoms with van der Waals surface area (Å²) in [5, 5.41) is 1.18. The third-order valence-corrected chi connectivity index (χ3v) is 6.25. The smallest absolute Gasteiger partial charge is 0.150 e. The highest BCUT2D eigenvalue weighted by Gasteiger charge is 2.15. The predicted octanol–water partition coefficient (Wildman–Crippen LogP) is 6.33. The number of benzene rings is 3. The van der Waals surface area contributed by atoms with Crippen molar-refractivity contribution in [2.24, 2.45) is 0 Å². The second kappa shape index (κ2) is 9.06. The number of aldehydes is 1. The number of thiophene rings is 1. The van der Waals surface area contributed by atoms with Crippen LogP contribution in [0.2, 0.25) is 0 Å². The topological polar surface area (TPSA) is 44.8 Å². The van der Waals surface area contributed by atoms with Crippen LogP contribution >= 0.6 is 11.3 Å². The lowest BCUT2D eigenvalue weighted by Gasteiger charge is -2.13. The first-order valence-corrected chi connectivity index (χ1v) is 10.5. The van der Waals surface area contributed by atoms with Gasteiger partial charge in [-0.05, 0) is 47.4 Å². The SMILES string of the molecule is COc1ccc(/C(C=O)=C/c2cc(-c3cc4ccccc4s3)c(OC)cc2OC)cc1. The molecule has 0 saturated carbocycles. The Bertz CT molecular complexity index is 1220. The van der Waals surface area contributed by atoms with Crippen LogP contribution in [0.5, 0.6) is 17.2 Å². The number of hydrogen-bond donors (Lipinski definition) is 0. The molecule has 0 atom stereocenters. The van der Waals surface area contributed by atoms with E-state index in [2.05, 4.69) is 18.2 Å². The molecular weight excluding hydrogens is 408 g/mol. The summed E-state index contributed by atoms with van der Waals surface area (Å²) in [6.07, 6.45) is 2.69. The number of fused-ring (bicyclic) bond motifs is 1. The van der Waals surface area contributed by atoms with Crippen molar-refractivity contribution in [1.29, 1.82) is 0 Å². The van der Waals surface area contributed by atoms with Gasteiger partial charge in [-0.3, -0.25) is 4.79 Å². The van der Waals surface area contributed by atoms with Gasteiger partial charge in [0.25, 0.3) is 0 Å². The van der Waals surface area contributed by atoms with E-state index in [-0.39, 0.29) is 0 Å². The number of allylic oxidation sites excluding steroid dienone is 1. The Hall–Kier alpha value is -3.57. The number of ether oxygens (including phenoxy) is 3. The average molecular weight is 431 g/mol. The van der Waals surface area contributed by atoms with Crippen molar-refractivity contribution in [3.63, 3.8) is 0 Å². The monoisotopic (exact) mass is 430 g/mol. The summed E-state index contributed by atoms with van der Waals surface area (Å²) in [7, 11) is 4.87. The Balaban J connectivity index is 1.85. The van der Waals surface area contributed by atoms with E-state index in [9.17, 15) is 4.79 Å². The molecule has 0 aliphatic rings. The van der Waals surface area contributed by atoms with Gasteiger partial charge in [0.2, 0.25) is 0 Å². The molecule has 0 amide bonds. The van der Waals surface area contributed by atoms with Gasteiger partial charge in [0.1, 0.15) is 17.2 Å². The molecule has 0 fully saturated rings.